The smallest absolute Gasteiger partial charge is 0.351 e. The molecule has 21 heavy (non-hydrogen) atoms. The van der Waals surface area contributed by atoms with E-state index in [1.165, 1.54) is 12.3 Å². The molecule has 0 spiro atoms. The number of ether oxygens (including phenoxy) is 1. The van der Waals surface area contributed by atoms with Crippen LogP contribution in [0.1, 0.15) is 6.23 Å². The van der Waals surface area contributed by atoms with Crippen LogP contribution in [-0.2, 0) is 4.74 Å². The molecule has 0 unspecified atom stereocenters. The van der Waals surface area contributed by atoms with Crippen LogP contribution < -0.4 is 11.0 Å². The van der Waals surface area contributed by atoms with Crippen molar-refractivity contribution in [2.45, 2.75) is 24.2 Å². The lowest BCUT2D eigenvalue weighted by molar-refractivity contribution is -0.124. The topological polar surface area (TPSA) is 145 Å². The molecule has 4 atom stereocenters. The maximum atomic E-state index is 14.2. The van der Waals surface area contributed by atoms with E-state index in [0.717, 1.165) is 4.57 Å². The zero-order valence-corrected chi connectivity index (χ0v) is 10.9. The molecular formula is C10H13FN6O4. The van der Waals surface area contributed by atoms with Gasteiger partial charge in [0.2, 0.25) is 5.72 Å². The third kappa shape index (κ3) is 2.43. The Kier molecular flexibility index (Phi) is 4.09. The monoisotopic (exact) mass is 300 g/mol. The summed E-state index contributed by atoms with van der Waals surface area (Å²) in [5.41, 5.74) is 5.45. The van der Waals surface area contributed by atoms with Crippen LogP contribution in [0.25, 0.3) is 10.4 Å². The van der Waals surface area contributed by atoms with Crippen LogP contribution in [0, 0.1) is 0 Å². The molecule has 1 saturated heterocycles. The number of aliphatic hydroxyl groups excluding tert-OH is 2. The third-order valence-electron chi connectivity index (χ3n) is 3.16. The van der Waals surface area contributed by atoms with Gasteiger partial charge < -0.3 is 20.3 Å². The summed E-state index contributed by atoms with van der Waals surface area (Å²) in [7, 11) is 1.55. The molecule has 114 valence electrons. The van der Waals surface area contributed by atoms with Gasteiger partial charge in [0.25, 0.3) is 0 Å². The highest BCUT2D eigenvalue weighted by molar-refractivity contribution is 5.30. The van der Waals surface area contributed by atoms with Gasteiger partial charge in [0.1, 0.15) is 11.9 Å². The van der Waals surface area contributed by atoms with Crippen molar-refractivity contribution in [3.05, 3.63) is 33.2 Å². The van der Waals surface area contributed by atoms with Crippen molar-refractivity contribution < 1.29 is 19.3 Å². The Balaban J connectivity index is 2.42. The van der Waals surface area contributed by atoms with E-state index in [1.54, 1.807) is 7.05 Å². The van der Waals surface area contributed by atoms with E-state index in [9.17, 15) is 19.4 Å². The van der Waals surface area contributed by atoms with Crippen LogP contribution in [0.2, 0.25) is 0 Å². The summed E-state index contributed by atoms with van der Waals surface area (Å²) < 4.78 is 20.1. The molecule has 0 saturated carbocycles. The van der Waals surface area contributed by atoms with Crippen LogP contribution in [0.15, 0.2) is 22.2 Å². The highest BCUT2D eigenvalue weighted by atomic mass is 19.1. The molecule has 0 bridgehead atoms. The molecule has 10 nitrogen and oxygen atoms in total. The number of aliphatic hydroxyl groups is 2. The second-order valence-electron chi connectivity index (χ2n) is 4.34. The van der Waals surface area contributed by atoms with Crippen LogP contribution in [0.5, 0.6) is 0 Å². The van der Waals surface area contributed by atoms with E-state index in [4.69, 9.17) is 10.3 Å². The predicted molar refractivity (Wildman–Crippen MR) is 68.0 cm³/mol. The fraction of sp³-hybridized carbons (Fsp3) is 0.600. The van der Waals surface area contributed by atoms with Gasteiger partial charge in [0.05, 0.1) is 6.61 Å². The number of rotatable bonds is 4. The Bertz CT molecular complexity index is 632. The number of hydrogen-bond acceptors (Lipinski definition) is 7. The van der Waals surface area contributed by atoms with Gasteiger partial charge in [-0.05, 0) is 11.6 Å². The average molecular weight is 300 g/mol. The van der Waals surface area contributed by atoms with Gasteiger partial charge in [-0.2, -0.15) is 4.98 Å². The molecule has 2 rings (SSSR count). The quantitative estimate of drug-likeness (QED) is 0.388. The Hall–Kier alpha value is -2.20. The standard InChI is InChI=1S/C10H13FN6O4/c1-13-5-2-3-17(9(20)14-5)8-6(11)7(19)10(4-18,21-8)15-16-12/h2-3,6-8,18-19H,4H2,1H3,(H,13,14,20)/t6-,7-,8+,10+/m0/s1. The minimum absolute atomic E-state index is 0.272. The maximum Gasteiger partial charge on any atom is 0.351 e. The lowest BCUT2D eigenvalue weighted by atomic mass is 10.1. The van der Waals surface area contributed by atoms with E-state index in [-0.39, 0.29) is 5.82 Å². The molecule has 3 N–H and O–H groups in total. The van der Waals surface area contributed by atoms with Crippen molar-refractivity contribution in [2.75, 3.05) is 19.0 Å². The lowest BCUT2D eigenvalue weighted by Crippen LogP contribution is -2.43. The molecule has 1 aromatic heterocycles. The molecule has 1 aliphatic heterocycles. The van der Waals surface area contributed by atoms with Gasteiger partial charge in [0.15, 0.2) is 12.4 Å². The first-order chi connectivity index (χ1) is 9.99. The number of aromatic nitrogens is 2. The summed E-state index contributed by atoms with van der Waals surface area (Å²) in [6.07, 6.45) is -4.35. The number of azide groups is 1. The fourth-order valence-corrected chi connectivity index (χ4v) is 2.03. The number of halogens is 1. The fourth-order valence-electron chi connectivity index (χ4n) is 2.03. The molecule has 0 amide bonds. The normalized spacial score (nSPS) is 31.7. The number of alkyl halides is 1. The highest BCUT2D eigenvalue weighted by Crippen LogP contribution is 2.39. The first kappa shape index (κ1) is 15.2. The van der Waals surface area contributed by atoms with Crippen LogP contribution in [0.3, 0.4) is 0 Å². The van der Waals surface area contributed by atoms with E-state index in [2.05, 4.69) is 20.3 Å². The minimum Gasteiger partial charge on any atom is -0.393 e. The van der Waals surface area contributed by atoms with Gasteiger partial charge >= 0.3 is 5.69 Å². The average Bonchev–Trinajstić information content (AvgIpc) is 2.73. The second kappa shape index (κ2) is 5.66. The minimum atomic E-state index is -2.18. The van der Waals surface area contributed by atoms with Crippen molar-refractivity contribution in [2.24, 2.45) is 5.11 Å². The largest absolute Gasteiger partial charge is 0.393 e. The summed E-state index contributed by atoms with van der Waals surface area (Å²) in [6.45, 7) is -0.939. The van der Waals surface area contributed by atoms with E-state index < -0.39 is 36.5 Å². The van der Waals surface area contributed by atoms with E-state index >= 15 is 0 Å². The first-order valence-corrected chi connectivity index (χ1v) is 5.93. The van der Waals surface area contributed by atoms with Crippen LogP contribution in [-0.4, -0.2) is 51.4 Å². The summed E-state index contributed by atoms with van der Waals surface area (Å²) >= 11 is 0. The highest BCUT2D eigenvalue weighted by Gasteiger charge is 2.56. The van der Waals surface area contributed by atoms with Crippen molar-refractivity contribution >= 4 is 5.82 Å². The molecule has 2 heterocycles. The summed E-state index contributed by atoms with van der Waals surface area (Å²) in [5.74, 6) is 0.272. The van der Waals surface area contributed by atoms with Crippen molar-refractivity contribution in [1.82, 2.24) is 9.55 Å². The second-order valence-corrected chi connectivity index (χ2v) is 4.34. The van der Waals surface area contributed by atoms with Crippen molar-refractivity contribution in [3.8, 4) is 0 Å². The Labute approximate surface area is 117 Å². The van der Waals surface area contributed by atoms with Crippen LogP contribution in [0.4, 0.5) is 10.2 Å². The number of nitrogens with zero attached hydrogens (tertiary/aromatic N) is 5. The zero-order valence-electron chi connectivity index (χ0n) is 10.9. The summed E-state index contributed by atoms with van der Waals surface area (Å²) in [4.78, 5) is 17.9. The molecule has 0 aliphatic carbocycles. The summed E-state index contributed by atoms with van der Waals surface area (Å²) in [5, 5.41) is 24.8. The molecule has 11 heteroatoms. The maximum absolute atomic E-state index is 14.2. The van der Waals surface area contributed by atoms with Gasteiger partial charge in [0, 0.05) is 18.2 Å². The Morgan fingerprint density at radius 3 is 3.00 bits per heavy atom. The Morgan fingerprint density at radius 2 is 2.48 bits per heavy atom. The zero-order chi connectivity index (χ0) is 15.6. The lowest BCUT2D eigenvalue weighted by Gasteiger charge is -2.23. The first-order valence-electron chi connectivity index (χ1n) is 5.93. The SMILES string of the molecule is CNc1ccn([C@@H]2O[C@@](CO)(N=[N+]=[N-])[C@@H](O)[C@@H]2F)c(=O)n1. The summed E-state index contributed by atoms with van der Waals surface area (Å²) in [6, 6.07) is 1.40. The van der Waals surface area contributed by atoms with Gasteiger partial charge in [-0.25, -0.2) is 9.18 Å². The number of nitrogens with one attached hydrogen (secondary N) is 1. The molecular weight excluding hydrogens is 287 g/mol. The molecule has 1 aromatic rings. The Morgan fingerprint density at radius 1 is 1.76 bits per heavy atom. The van der Waals surface area contributed by atoms with Gasteiger partial charge in [-0.3, -0.25) is 4.57 Å². The third-order valence-corrected chi connectivity index (χ3v) is 3.16. The van der Waals surface area contributed by atoms with Crippen LogP contribution >= 0.6 is 0 Å². The predicted octanol–water partition coefficient (Wildman–Crippen LogP) is -0.488. The molecule has 0 aromatic carbocycles. The van der Waals surface area contributed by atoms with E-state index in [1.807, 2.05) is 0 Å². The van der Waals surface area contributed by atoms with Crippen molar-refractivity contribution in [3.63, 3.8) is 0 Å². The number of anilines is 1. The number of hydrogen-bond donors (Lipinski definition) is 3. The van der Waals surface area contributed by atoms with Gasteiger partial charge in [-0.1, -0.05) is 5.11 Å². The molecule has 0 radical (unpaired) electrons. The van der Waals surface area contributed by atoms with Crippen molar-refractivity contribution in [1.29, 1.82) is 0 Å². The molecule has 1 fully saturated rings. The van der Waals surface area contributed by atoms with E-state index in [0.29, 0.717) is 0 Å². The van der Waals surface area contributed by atoms with Gasteiger partial charge in [-0.15, -0.1) is 0 Å². The molecule has 1 aliphatic rings.